The quantitative estimate of drug-likeness (QED) is 0.288. The second kappa shape index (κ2) is 10.6. The summed E-state index contributed by atoms with van der Waals surface area (Å²) in [5.41, 5.74) is 5.86. The van der Waals surface area contributed by atoms with Crippen LogP contribution in [0.15, 0.2) is 66.5 Å². The third-order valence-corrected chi connectivity index (χ3v) is 4.69. The fraction of sp³-hybridized carbons (Fsp3) is 0.423. The van der Waals surface area contributed by atoms with Gasteiger partial charge in [0.05, 0.1) is 18.3 Å². The fourth-order valence-electron chi connectivity index (χ4n) is 3.07. The molecule has 2 aromatic rings. The highest BCUT2D eigenvalue weighted by atomic mass is 16.6. The zero-order valence-electron chi connectivity index (χ0n) is 20.2. The predicted octanol–water partition coefficient (Wildman–Crippen LogP) is 6.40. The van der Waals surface area contributed by atoms with Gasteiger partial charge in [-0.3, -0.25) is 0 Å². The first kappa shape index (κ1) is 24.6. The Morgan fingerprint density at radius 3 is 2.52 bits per heavy atom. The molecule has 1 aromatic carbocycles. The van der Waals surface area contributed by atoms with Crippen LogP contribution in [0.3, 0.4) is 0 Å². The van der Waals surface area contributed by atoms with Crippen LogP contribution >= 0.6 is 0 Å². The fourth-order valence-corrected chi connectivity index (χ4v) is 3.07. The van der Waals surface area contributed by atoms with Gasteiger partial charge >= 0.3 is 0 Å². The average molecular weight is 424 g/mol. The minimum absolute atomic E-state index is 0.117. The summed E-state index contributed by atoms with van der Waals surface area (Å²) >= 11 is 0. The summed E-state index contributed by atoms with van der Waals surface area (Å²) in [6, 6.07) is 10.3. The van der Waals surface area contributed by atoms with Crippen LogP contribution in [0.5, 0.6) is 5.88 Å². The van der Waals surface area contributed by atoms with Crippen molar-refractivity contribution in [1.29, 1.82) is 0 Å². The van der Waals surface area contributed by atoms with E-state index in [1.54, 1.807) is 7.11 Å². The summed E-state index contributed by atoms with van der Waals surface area (Å²) in [6.45, 7) is 15.4. The zero-order chi connectivity index (χ0) is 23.1. The lowest BCUT2D eigenvalue weighted by atomic mass is 9.93. The van der Waals surface area contributed by atoms with E-state index in [1.165, 1.54) is 0 Å². The Kier molecular flexibility index (Phi) is 8.43. The van der Waals surface area contributed by atoms with E-state index in [0.717, 1.165) is 22.6 Å². The van der Waals surface area contributed by atoms with E-state index in [-0.39, 0.29) is 11.0 Å². The van der Waals surface area contributed by atoms with E-state index in [4.69, 9.17) is 14.7 Å². The predicted molar refractivity (Wildman–Crippen MR) is 129 cm³/mol. The van der Waals surface area contributed by atoms with Crippen LogP contribution in [0.1, 0.15) is 54.0 Å². The molecule has 1 heterocycles. The summed E-state index contributed by atoms with van der Waals surface area (Å²) in [4.78, 5) is 5.16. The van der Waals surface area contributed by atoms with Gasteiger partial charge in [0, 0.05) is 18.2 Å². The monoisotopic (exact) mass is 423 g/mol. The first-order chi connectivity index (χ1) is 14.6. The van der Waals surface area contributed by atoms with Crippen LogP contribution < -0.4 is 10.2 Å². The molecule has 2 rings (SSSR count). The lowest BCUT2D eigenvalue weighted by molar-refractivity contribution is 0.0257. The molecule has 0 aliphatic carbocycles. The van der Waals surface area contributed by atoms with E-state index in [9.17, 15) is 0 Å². The Labute approximate surface area is 187 Å². The van der Waals surface area contributed by atoms with E-state index < -0.39 is 0 Å². The number of hydrogen-bond acceptors (Lipinski definition) is 4. The van der Waals surface area contributed by atoms with Crippen molar-refractivity contribution < 1.29 is 9.57 Å². The Morgan fingerprint density at radius 1 is 1.16 bits per heavy atom. The molecule has 0 atom stereocenters. The van der Waals surface area contributed by atoms with E-state index in [1.807, 2.05) is 48.0 Å². The second-order valence-electron chi connectivity index (χ2n) is 9.09. The van der Waals surface area contributed by atoms with Gasteiger partial charge in [0.15, 0.2) is 0 Å². The number of nitrogens with zero attached hydrogens (tertiary/aromatic N) is 2. The van der Waals surface area contributed by atoms with E-state index >= 15 is 0 Å². The molecule has 5 nitrogen and oxygen atoms in total. The smallest absolute Gasteiger partial charge is 0.218 e. The molecular weight excluding hydrogens is 386 g/mol. The molecule has 0 unspecified atom stereocenters. The zero-order valence-corrected chi connectivity index (χ0v) is 20.2. The maximum atomic E-state index is 6.22. The van der Waals surface area contributed by atoms with Crippen molar-refractivity contribution in [3.8, 4) is 17.1 Å². The molecule has 0 fully saturated rings. The third kappa shape index (κ3) is 7.23. The van der Waals surface area contributed by atoms with Gasteiger partial charge in [-0.05, 0) is 56.9 Å². The van der Waals surface area contributed by atoms with Gasteiger partial charge in [-0.1, -0.05) is 57.2 Å². The molecule has 1 aromatic heterocycles. The number of aryl methyl sites for hydroxylation is 1. The molecule has 0 aliphatic heterocycles. The Bertz CT molecular complexity index is 944. The first-order valence-electron chi connectivity index (χ1n) is 10.8. The number of ether oxygens (including phenoxy) is 1. The molecule has 168 valence electrons. The number of nitrogens with one attached hydrogen (secondary N) is 1. The Hall–Kier alpha value is -2.63. The lowest BCUT2D eigenvalue weighted by Gasteiger charge is -2.25. The summed E-state index contributed by atoms with van der Waals surface area (Å²) in [6.07, 6.45) is 10.1. The second-order valence-corrected chi connectivity index (χ2v) is 9.09. The Morgan fingerprint density at radius 2 is 1.90 bits per heavy atom. The third-order valence-electron chi connectivity index (χ3n) is 4.69. The van der Waals surface area contributed by atoms with Crippen molar-refractivity contribution in [3.05, 3.63) is 72.0 Å². The molecule has 0 saturated carbocycles. The number of hydroxylamine groups is 1. The molecule has 0 spiro atoms. The van der Waals surface area contributed by atoms with Crippen LogP contribution in [-0.4, -0.2) is 16.9 Å². The first-order valence-corrected chi connectivity index (χ1v) is 10.8. The SMILES string of the molecule is C\C=C/C(=C\C=C\C(C)(C)C)Oc1cc(-c2cccc(C(C)(C)NOC)c2)nn1CC. The Balaban J connectivity index is 2.36. The molecule has 0 amide bonds. The number of hydrogen-bond donors (Lipinski definition) is 1. The topological polar surface area (TPSA) is 48.3 Å². The largest absolute Gasteiger partial charge is 0.439 e. The van der Waals surface area contributed by atoms with Crippen LogP contribution in [0.25, 0.3) is 11.3 Å². The number of aromatic nitrogens is 2. The minimum Gasteiger partial charge on any atom is -0.439 e. The van der Waals surface area contributed by atoms with Gasteiger partial charge in [-0.25, -0.2) is 4.68 Å². The average Bonchev–Trinajstić information content (AvgIpc) is 3.10. The van der Waals surface area contributed by atoms with Crippen molar-refractivity contribution in [3.63, 3.8) is 0 Å². The van der Waals surface area contributed by atoms with Crippen LogP contribution in [-0.2, 0) is 16.9 Å². The molecule has 31 heavy (non-hydrogen) atoms. The number of rotatable bonds is 9. The number of allylic oxidation sites excluding steroid dienone is 5. The summed E-state index contributed by atoms with van der Waals surface area (Å²) in [5.74, 6) is 1.48. The van der Waals surface area contributed by atoms with Crippen LogP contribution in [0, 0.1) is 5.41 Å². The molecule has 0 bridgehead atoms. The maximum Gasteiger partial charge on any atom is 0.218 e. The van der Waals surface area contributed by atoms with Crippen molar-refractivity contribution in [2.45, 2.75) is 60.5 Å². The van der Waals surface area contributed by atoms with Gasteiger partial charge in [0.2, 0.25) is 5.88 Å². The van der Waals surface area contributed by atoms with Crippen molar-refractivity contribution in [2.75, 3.05) is 7.11 Å². The van der Waals surface area contributed by atoms with E-state index in [2.05, 4.69) is 71.3 Å². The van der Waals surface area contributed by atoms with Crippen molar-refractivity contribution in [1.82, 2.24) is 15.3 Å². The lowest BCUT2D eigenvalue weighted by Crippen LogP contribution is -2.35. The van der Waals surface area contributed by atoms with Gasteiger partial charge in [0.1, 0.15) is 5.76 Å². The summed E-state index contributed by atoms with van der Waals surface area (Å²) in [7, 11) is 1.63. The maximum absolute atomic E-state index is 6.22. The molecule has 0 aliphatic rings. The normalized spacial score (nSPS) is 13.5. The van der Waals surface area contributed by atoms with Gasteiger partial charge in [0.25, 0.3) is 0 Å². The highest BCUT2D eigenvalue weighted by Crippen LogP contribution is 2.29. The number of benzene rings is 1. The summed E-state index contributed by atoms with van der Waals surface area (Å²) in [5, 5.41) is 4.77. The van der Waals surface area contributed by atoms with E-state index in [0.29, 0.717) is 12.4 Å². The highest BCUT2D eigenvalue weighted by Gasteiger charge is 2.21. The molecule has 0 saturated heterocycles. The minimum atomic E-state index is -0.321. The highest BCUT2D eigenvalue weighted by molar-refractivity contribution is 5.61. The van der Waals surface area contributed by atoms with Gasteiger partial charge in [-0.15, -0.1) is 0 Å². The molecular formula is C26H37N3O2. The molecule has 5 heteroatoms. The van der Waals surface area contributed by atoms with Gasteiger partial charge in [-0.2, -0.15) is 10.6 Å². The molecule has 1 N–H and O–H groups in total. The van der Waals surface area contributed by atoms with Crippen molar-refractivity contribution in [2.24, 2.45) is 5.41 Å². The van der Waals surface area contributed by atoms with Crippen LogP contribution in [0.2, 0.25) is 0 Å². The van der Waals surface area contributed by atoms with Crippen LogP contribution in [0.4, 0.5) is 0 Å². The molecule has 0 radical (unpaired) electrons. The van der Waals surface area contributed by atoms with Crippen molar-refractivity contribution >= 4 is 0 Å². The van der Waals surface area contributed by atoms with Gasteiger partial charge < -0.3 is 9.57 Å². The summed E-state index contributed by atoms with van der Waals surface area (Å²) < 4.78 is 8.10. The standard InChI is InChI=1S/C26H37N3O2/c1-9-13-22(16-12-17-25(3,4)5)31-24-19-23(27-29(24)10-2)20-14-11-15-21(18-20)26(6,7)28-30-8/h9,11-19,28H,10H2,1-8H3/b13-9-,17-12+,22-16+.